The molecule has 0 atom stereocenters. The van der Waals surface area contributed by atoms with Gasteiger partial charge in [-0.15, -0.1) is 22.7 Å². The predicted octanol–water partition coefficient (Wildman–Crippen LogP) is 16.0. The molecule has 0 amide bonds. The van der Waals surface area contributed by atoms with Crippen LogP contribution in [0.1, 0.15) is 0 Å². The third kappa shape index (κ3) is 5.89. The molecule has 0 aliphatic heterocycles. The van der Waals surface area contributed by atoms with Crippen molar-refractivity contribution >= 4 is 80.9 Å². The molecule has 0 spiro atoms. The second-order valence-electron chi connectivity index (χ2n) is 14.3. The Bertz CT molecular complexity index is 3220. The van der Waals surface area contributed by atoms with Gasteiger partial charge in [0.15, 0.2) is 0 Å². The summed E-state index contributed by atoms with van der Waals surface area (Å²) in [7, 11) is 0. The van der Waals surface area contributed by atoms with Gasteiger partial charge in [0.05, 0.1) is 10.4 Å². The number of thiazole rings is 1. The molecule has 0 radical (unpaired) electrons. The highest BCUT2D eigenvalue weighted by molar-refractivity contribution is 7.27. The second kappa shape index (κ2) is 14.0. The maximum Gasteiger partial charge on any atom is 0.124 e. The molecule has 0 saturated heterocycles. The van der Waals surface area contributed by atoms with Crippen LogP contribution in [0.3, 0.4) is 0 Å². The first-order chi connectivity index (χ1) is 28.3. The molecule has 0 N–H and O–H groups in total. The van der Waals surface area contributed by atoms with Gasteiger partial charge in [0, 0.05) is 37.1 Å². The summed E-state index contributed by atoms with van der Waals surface area (Å²) in [6.45, 7) is 0. The molecular formula is C53H34N2S2. The van der Waals surface area contributed by atoms with E-state index in [1.54, 1.807) is 11.3 Å². The van der Waals surface area contributed by atoms with E-state index in [9.17, 15) is 0 Å². The number of thiophene rings is 1. The maximum atomic E-state index is 5.52. The van der Waals surface area contributed by atoms with Crippen LogP contribution in [0.15, 0.2) is 206 Å². The van der Waals surface area contributed by atoms with Gasteiger partial charge in [-0.25, -0.2) is 4.98 Å². The van der Waals surface area contributed by atoms with Crippen LogP contribution >= 0.6 is 22.7 Å². The Kier molecular flexibility index (Phi) is 8.24. The first kappa shape index (κ1) is 33.5. The van der Waals surface area contributed by atoms with Crippen molar-refractivity contribution in [2.45, 2.75) is 0 Å². The predicted molar refractivity (Wildman–Crippen MR) is 246 cm³/mol. The van der Waals surface area contributed by atoms with E-state index in [4.69, 9.17) is 4.98 Å². The van der Waals surface area contributed by atoms with Crippen molar-refractivity contribution in [1.82, 2.24) is 4.98 Å². The maximum absolute atomic E-state index is 5.52. The molecule has 4 heteroatoms. The SMILES string of the molecule is c1ccc(-c2ccc(N(c3ccc(-c4ccccc4)c(-c4cccc5ccccc45)c3)c3c4nc(-c5ccccc5)sc4cc4sc5ccccc5c34)cc2)cc1. The van der Waals surface area contributed by atoms with Gasteiger partial charge in [-0.1, -0.05) is 170 Å². The van der Waals surface area contributed by atoms with Gasteiger partial charge >= 0.3 is 0 Å². The molecule has 0 bridgehead atoms. The number of nitrogens with zero attached hydrogens (tertiary/aromatic N) is 2. The first-order valence-corrected chi connectivity index (χ1v) is 20.8. The van der Waals surface area contributed by atoms with Gasteiger partial charge in [-0.2, -0.15) is 0 Å². The van der Waals surface area contributed by atoms with Gasteiger partial charge in [0.25, 0.3) is 0 Å². The zero-order valence-electron chi connectivity index (χ0n) is 30.8. The molecule has 0 aliphatic carbocycles. The highest BCUT2D eigenvalue weighted by Crippen LogP contribution is 2.51. The van der Waals surface area contributed by atoms with Crippen LogP contribution in [0.25, 0.3) is 85.1 Å². The Morgan fingerprint density at radius 1 is 0.368 bits per heavy atom. The second-order valence-corrected chi connectivity index (χ2v) is 16.4. The Morgan fingerprint density at radius 3 is 1.75 bits per heavy atom. The van der Waals surface area contributed by atoms with E-state index in [0.29, 0.717) is 0 Å². The lowest BCUT2D eigenvalue weighted by molar-refractivity contribution is 1.30. The summed E-state index contributed by atoms with van der Waals surface area (Å²) in [6, 6.07) is 74.6. The molecule has 9 aromatic carbocycles. The van der Waals surface area contributed by atoms with Gasteiger partial charge < -0.3 is 4.90 Å². The van der Waals surface area contributed by atoms with E-state index >= 15 is 0 Å². The Hall–Kier alpha value is -6.85. The number of hydrogen-bond donors (Lipinski definition) is 0. The fraction of sp³-hybridized carbons (Fsp3) is 0. The molecule has 57 heavy (non-hydrogen) atoms. The van der Waals surface area contributed by atoms with Crippen molar-refractivity contribution in [3.05, 3.63) is 206 Å². The van der Waals surface area contributed by atoms with E-state index in [0.717, 1.165) is 33.1 Å². The minimum atomic E-state index is 1.00. The van der Waals surface area contributed by atoms with Crippen molar-refractivity contribution in [2.24, 2.45) is 0 Å². The summed E-state index contributed by atoms with van der Waals surface area (Å²) in [5.74, 6) is 0. The number of benzene rings is 9. The Balaban J connectivity index is 1.24. The summed E-state index contributed by atoms with van der Waals surface area (Å²) in [6.07, 6.45) is 0. The largest absolute Gasteiger partial charge is 0.308 e. The fourth-order valence-corrected chi connectivity index (χ4v) is 10.5. The lowest BCUT2D eigenvalue weighted by Gasteiger charge is -2.28. The highest BCUT2D eigenvalue weighted by Gasteiger charge is 2.26. The average molecular weight is 763 g/mol. The summed E-state index contributed by atoms with van der Waals surface area (Å²) >= 11 is 3.62. The van der Waals surface area contributed by atoms with Crippen LogP contribution < -0.4 is 4.90 Å². The summed E-state index contributed by atoms with van der Waals surface area (Å²) in [4.78, 5) is 7.99. The average Bonchev–Trinajstić information content (AvgIpc) is 3.89. The summed E-state index contributed by atoms with van der Waals surface area (Å²) in [5.41, 5.74) is 12.5. The number of hydrogen-bond acceptors (Lipinski definition) is 4. The van der Waals surface area contributed by atoms with Crippen LogP contribution in [0.4, 0.5) is 17.1 Å². The van der Waals surface area contributed by atoms with Crippen LogP contribution in [0.2, 0.25) is 0 Å². The van der Waals surface area contributed by atoms with Crippen LogP contribution in [0, 0.1) is 0 Å². The van der Waals surface area contributed by atoms with Crippen molar-refractivity contribution in [2.75, 3.05) is 4.90 Å². The summed E-state index contributed by atoms with van der Waals surface area (Å²) in [5, 5.41) is 5.93. The zero-order valence-corrected chi connectivity index (χ0v) is 32.5. The van der Waals surface area contributed by atoms with Crippen LogP contribution in [-0.2, 0) is 0 Å². The first-order valence-electron chi connectivity index (χ1n) is 19.2. The number of rotatable bonds is 7. The Morgan fingerprint density at radius 2 is 0.982 bits per heavy atom. The molecule has 2 nitrogen and oxygen atoms in total. The van der Waals surface area contributed by atoms with Crippen molar-refractivity contribution in [1.29, 1.82) is 0 Å². The van der Waals surface area contributed by atoms with Crippen molar-refractivity contribution < 1.29 is 0 Å². The van der Waals surface area contributed by atoms with E-state index in [1.807, 2.05) is 11.3 Å². The van der Waals surface area contributed by atoms with Gasteiger partial charge in [0.2, 0.25) is 0 Å². The zero-order chi connectivity index (χ0) is 37.7. The summed E-state index contributed by atoms with van der Waals surface area (Å²) < 4.78 is 3.69. The molecule has 11 rings (SSSR count). The molecule has 2 aromatic heterocycles. The number of fused-ring (bicyclic) bond motifs is 5. The van der Waals surface area contributed by atoms with Crippen molar-refractivity contribution in [3.63, 3.8) is 0 Å². The minimum Gasteiger partial charge on any atom is -0.308 e. The van der Waals surface area contributed by atoms with E-state index in [2.05, 4.69) is 211 Å². The molecule has 0 saturated carbocycles. The monoisotopic (exact) mass is 762 g/mol. The van der Waals surface area contributed by atoms with Crippen LogP contribution in [-0.4, -0.2) is 4.98 Å². The highest BCUT2D eigenvalue weighted by atomic mass is 32.1. The lowest BCUT2D eigenvalue weighted by atomic mass is 9.90. The number of anilines is 3. The normalized spacial score (nSPS) is 11.5. The molecule has 2 heterocycles. The third-order valence-corrected chi connectivity index (χ3v) is 13.1. The van der Waals surface area contributed by atoms with E-state index < -0.39 is 0 Å². The molecule has 268 valence electrons. The van der Waals surface area contributed by atoms with Crippen LogP contribution in [0.5, 0.6) is 0 Å². The van der Waals surface area contributed by atoms with E-state index in [1.165, 1.54) is 69.0 Å². The third-order valence-electron chi connectivity index (χ3n) is 10.9. The van der Waals surface area contributed by atoms with Gasteiger partial charge in [-0.3, -0.25) is 0 Å². The molecule has 11 aromatic rings. The smallest absolute Gasteiger partial charge is 0.124 e. The van der Waals surface area contributed by atoms with Gasteiger partial charge in [-0.05, 0) is 80.6 Å². The van der Waals surface area contributed by atoms with Crippen molar-refractivity contribution in [3.8, 4) is 44.0 Å². The molecule has 0 aliphatic rings. The lowest BCUT2D eigenvalue weighted by Crippen LogP contribution is -2.11. The fourth-order valence-electron chi connectivity index (χ4n) is 8.23. The molecular weight excluding hydrogens is 729 g/mol. The van der Waals surface area contributed by atoms with Gasteiger partial charge in [0.1, 0.15) is 10.5 Å². The standard InChI is InChI=1S/C53H34N2S2/c1-4-15-35(16-5-1)36-27-29-40(30-28-36)55(41-31-32-43(37-17-6-2-7-18-37)46(33-41)44-25-14-22-38-19-10-11-23-42(38)44)52-50-45-24-12-13-26-47(45)56-48(50)34-49-51(52)54-53(57-49)39-20-8-3-9-21-39/h1-34H. The number of aromatic nitrogens is 1. The Labute approximate surface area is 339 Å². The quantitative estimate of drug-likeness (QED) is 0.161. The molecule has 0 fully saturated rings. The topological polar surface area (TPSA) is 16.1 Å². The minimum absolute atomic E-state index is 1.00. The molecule has 0 unspecified atom stereocenters. The van der Waals surface area contributed by atoms with E-state index in [-0.39, 0.29) is 0 Å².